The van der Waals surface area contributed by atoms with Crippen LogP contribution in [-0.4, -0.2) is 47.3 Å². The zero-order chi connectivity index (χ0) is 7.33. The van der Waals surface area contributed by atoms with Crippen molar-refractivity contribution >= 4 is 23.1 Å². The maximum Gasteiger partial charge on any atom is 2.00 e. The Bertz CT molecular complexity index is 75.2. The molecule has 0 saturated heterocycles. The van der Waals surface area contributed by atoms with Gasteiger partial charge in [-0.05, 0) is 13.8 Å². The van der Waals surface area contributed by atoms with Gasteiger partial charge in [0.05, 0.1) is 0 Å². The van der Waals surface area contributed by atoms with Gasteiger partial charge in [-0.3, -0.25) is 0 Å². The first-order valence-corrected chi connectivity index (χ1v) is 3.12. The van der Waals surface area contributed by atoms with Crippen LogP contribution in [0.5, 0.6) is 0 Å². The molecule has 60 valence electrons. The molecule has 0 aromatic rings. The third-order valence-electron chi connectivity index (χ3n) is 0.824. The zero-order valence-electron chi connectivity index (χ0n) is 8.89. The molecule has 0 atom stereocenters. The van der Waals surface area contributed by atoms with Crippen molar-refractivity contribution in [2.24, 2.45) is 0 Å². The van der Waals surface area contributed by atoms with Crippen molar-refractivity contribution in [3.8, 4) is 0 Å². The van der Waals surface area contributed by atoms with Gasteiger partial charge >= 0.3 is 23.1 Å². The predicted octanol–water partition coefficient (Wildman–Crippen LogP) is 0.570. The van der Waals surface area contributed by atoms with Gasteiger partial charge in [0.25, 0.3) is 5.97 Å². The molecule has 0 unspecified atom stereocenters. The normalized spacial score (nSPS) is 10.8. The molecule has 0 aliphatic heterocycles. The van der Waals surface area contributed by atoms with Crippen LogP contribution in [0.15, 0.2) is 0 Å². The van der Waals surface area contributed by atoms with Crippen LogP contribution in [0.2, 0.25) is 0 Å². The topological polar surface area (TPSA) is 38.7 Å². The Labute approximate surface area is 80.8 Å². The van der Waals surface area contributed by atoms with Gasteiger partial charge in [0.2, 0.25) is 0 Å². The minimum Gasteiger partial charge on any atom is -1.00 e. The van der Waals surface area contributed by atoms with Crippen LogP contribution < -0.4 is 0 Å². The molecule has 0 radical (unpaired) electrons. The Morgan fingerprint density at radius 1 is 1.30 bits per heavy atom. The second-order valence-corrected chi connectivity index (χ2v) is 1.76. The fraction of sp³-hybridized carbons (Fsp3) is 1.00. The molecule has 0 saturated carbocycles. The standard InChI is InChI=1S/C6H14O3.Mg.2H/c1-4-8-6(3,7)9-5-2;;;/h7H,4-5H2,1-3H3;;;/q;+2;2*-1. The third-order valence-corrected chi connectivity index (χ3v) is 0.824. The maximum atomic E-state index is 9.07. The monoisotopic (exact) mass is 160 g/mol. The van der Waals surface area contributed by atoms with Crippen molar-refractivity contribution in [3.63, 3.8) is 0 Å². The Hall–Kier alpha value is 0.646. The molecule has 0 rings (SSSR count). The van der Waals surface area contributed by atoms with Crippen molar-refractivity contribution in [2.75, 3.05) is 13.2 Å². The van der Waals surface area contributed by atoms with E-state index in [9.17, 15) is 0 Å². The van der Waals surface area contributed by atoms with Crippen molar-refractivity contribution in [1.29, 1.82) is 0 Å². The van der Waals surface area contributed by atoms with Gasteiger partial charge < -0.3 is 17.4 Å². The van der Waals surface area contributed by atoms with Gasteiger partial charge in [0.1, 0.15) is 0 Å². The van der Waals surface area contributed by atoms with E-state index in [1.54, 1.807) is 13.8 Å². The molecule has 0 spiro atoms. The quantitative estimate of drug-likeness (QED) is 0.483. The van der Waals surface area contributed by atoms with Gasteiger partial charge in [0.15, 0.2) is 0 Å². The fourth-order valence-electron chi connectivity index (χ4n) is 0.577. The van der Waals surface area contributed by atoms with E-state index < -0.39 is 5.97 Å². The van der Waals surface area contributed by atoms with E-state index in [1.165, 1.54) is 6.92 Å². The molecule has 4 heteroatoms. The van der Waals surface area contributed by atoms with E-state index in [0.29, 0.717) is 13.2 Å². The molecule has 10 heavy (non-hydrogen) atoms. The Balaban J connectivity index is -0.000000107. The van der Waals surface area contributed by atoms with E-state index >= 15 is 0 Å². The second kappa shape index (κ2) is 6.36. The van der Waals surface area contributed by atoms with Gasteiger partial charge in [-0.15, -0.1) is 0 Å². The average Bonchev–Trinajstić information content (AvgIpc) is 1.64. The average molecular weight is 160 g/mol. The zero-order valence-corrected chi connectivity index (χ0v) is 8.30. The molecular formula is C6H16MgO3. The van der Waals surface area contributed by atoms with Crippen LogP contribution in [0.1, 0.15) is 23.6 Å². The van der Waals surface area contributed by atoms with E-state index in [4.69, 9.17) is 14.6 Å². The summed E-state index contributed by atoms with van der Waals surface area (Å²) in [5.41, 5.74) is 0. The number of rotatable bonds is 4. The van der Waals surface area contributed by atoms with Crippen molar-refractivity contribution in [3.05, 3.63) is 0 Å². The van der Waals surface area contributed by atoms with E-state index in [0.717, 1.165) is 0 Å². The van der Waals surface area contributed by atoms with E-state index in [-0.39, 0.29) is 25.9 Å². The van der Waals surface area contributed by atoms with Crippen LogP contribution in [0.4, 0.5) is 0 Å². The smallest absolute Gasteiger partial charge is 1.00 e. The Morgan fingerprint density at radius 3 is 1.80 bits per heavy atom. The van der Waals surface area contributed by atoms with Crippen LogP contribution in [0.25, 0.3) is 0 Å². The molecular weight excluding hydrogens is 144 g/mol. The SMILES string of the molecule is CCOC(C)(O)OCC.[H-].[H-].[Mg+2]. The van der Waals surface area contributed by atoms with E-state index in [2.05, 4.69) is 0 Å². The van der Waals surface area contributed by atoms with Crippen LogP contribution in [0.3, 0.4) is 0 Å². The molecule has 0 aliphatic rings. The molecule has 0 aliphatic carbocycles. The molecule has 0 aromatic heterocycles. The first-order valence-electron chi connectivity index (χ1n) is 3.12. The Kier molecular flexibility index (Phi) is 8.43. The molecule has 0 bridgehead atoms. The van der Waals surface area contributed by atoms with E-state index in [1.807, 2.05) is 0 Å². The van der Waals surface area contributed by atoms with Crippen LogP contribution in [-0.2, 0) is 9.47 Å². The second-order valence-electron chi connectivity index (χ2n) is 1.76. The van der Waals surface area contributed by atoms with Gasteiger partial charge in [-0.25, -0.2) is 0 Å². The maximum absolute atomic E-state index is 9.07. The number of hydrogen-bond acceptors (Lipinski definition) is 3. The summed E-state index contributed by atoms with van der Waals surface area (Å²) in [7, 11) is 0. The van der Waals surface area contributed by atoms with Crippen LogP contribution >= 0.6 is 0 Å². The fourth-order valence-corrected chi connectivity index (χ4v) is 0.577. The molecule has 1 N–H and O–H groups in total. The first kappa shape index (κ1) is 13.3. The summed E-state index contributed by atoms with van der Waals surface area (Å²) in [5, 5.41) is 9.07. The van der Waals surface area contributed by atoms with Gasteiger partial charge in [0, 0.05) is 20.1 Å². The van der Waals surface area contributed by atoms with Crippen molar-refractivity contribution < 1.29 is 17.4 Å². The van der Waals surface area contributed by atoms with Gasteiger partial charge in [-0.1, -0.05) is 0 Å². The third kappa shape index (κ3) is 6.76. The first-order chi connectivity index (χ1) is 4.12. The molecule has 0 amide bonds. The largest absolute Gasteiger partial charge is 2.00 e. The molecule has 0 aromatic carbocycles. The summed E-state index contributed by atoms with van der Waals surface area (Å²) < 4.78 is 9.61. The number of aliphatic hydroxyl groups is 1. The Morgan fingerprint density at radius 2 is 1.60 bits per heavy atom. The summed E-state index contributed by atoms with van der Waals surface area (Å²) >= 11 is 0. The molecule has 0 heterocycles. The van der Waals surface area contributed by atoms with Crippen molar-refractivity contribution in [2.45, 2.75) is 26.7 Å². The minimum atomic E-state index is -1.40. The van der Waals surface area contributed by atoms with Crippen LogP contribution in [0, 0.1) is 0 Å². The van der Waals surface area contributed by atoms with Crippen molar-refractivity contribution in [1.82, 2.24) is 0 Å². The summed E-state index contributed by atoms with van der Waals surface area (Å²) in [6, 6.07) is 0. The molecule has 0 fully saturated rings. The number of ether oxygens (including phenoxy) is 2. The predicted molar refractivity (Wildman–Crippen MR) is 41.9 cm³/mol. The van der Waals surface area contributed by atoms with Gasteiger partial charge in [-0.2, -0.15) is 0 Å². The summed E-state index contributed by atoms with van der Waals surface area (Å²) in [5.74, 6) is -1.40. The number of hydrogen-bond donors (Lipinski definition) is 1. The summed E-state index contributed by atoms with van der Waals surface area (Å²) in [4.78, 5) is 0. The summed E-state index contributed by atoms with van der Waals surface area (Å²) in [6.45, 7) is 5.97. The minimum absolute atomic E-state index is 0. The molecule has 3 nitrogen and oxygen atoms in total. The summed E-state index contributed by atoms with van der Waals surface area (Å²) in [6.07, 6.45) is 0.